The second kappa shape index (κ2) is 49.5. The molecule has 0 aromatic heterocycles. The Morgan fingerprint density at radius 3 is 0.833 bits per heavy atom. The Labute approximate surface area is 373 Å². The molecule has 0 amide bonds. The largest absolute Gasteiger partial charge is 0.462 e. The summed E-state index contributed by atoms with van der Waals surface area (Å²) in [5.74, 6) is -0.876. The van der Waals surface area contributed by atoms with Crippen LogP contribution < -0.4 is 0 Å². The molecule has 1 atom stereocenters. The maximum atomic E-state index is 12.8. The van der Waals surface area contributed by atoms with E-state index in [2.05, 4.69) is 45.1 Å². The van der Waals surface area contributed by atoms with Gasteiger partial charge in [-0.1, -0.05) is 218 Å². The summed E-state index contributed by atoms with van der Waals surface area (Å²) in [7, 11) is 0. The van der Waals surface area contributed by atoms with Crippen LogP contribution in [-0.2, 0) is 28.6 Å². The maximum absolute atomic E-state index is 12.8. The minimum atomic E-state index is -0.771. The van der Waals surface area contributed by atoms with E-state index in [0.29, 0.717) is 19.3 Å². The summed E-state index contributed by atoms with van der Waals surface area (Å²) in [6.07, 6.45) is 55.9. The maximum Gasteiger partial charge on any atom is 0.306 e. The van der Waals surface area contributed by atoms with E-state index in [0.717, 1.165) is 64.2 Å². The van der Waals surface area contributed by atoms with Crippen LogP contribution in [-0.4, -0.2) is 37.2 Å². The van der Waals surface area contributed by atoms with Gasteiger partial charge in [-0.3, -0.25) is 14.4 Å². The summed E-state index contributed by atoms with van der Waals surface area (Å²) < 4.78 is 16.8. The number of carbonyl (C=O) groups is 3. The van der Waals surface area contributed by atoms with Crippen molar-refractivity contribution in [3.8, 4) is 0 Å². The van der Waals surface area contributed by atoms with Crippen LogP contribution in [0.1, 0.15) is 284 Å². The predicted molar refractivity (Wildman–Crippen MR) is 256 cm³/mol. The standard InChI is InChI=1S/C54H100O6/c1-4-7-10-13-16-19-21-23-25-26-27-29-30-32-35-38-41-44-47-53(56)59-50-51(49-58-52(55)46-43-40-37-34-18-15-12-9-6-3)60-54(57)48-45-42-39-36-33-31-28-24-22-20-17-14-11-8-5-2/h24-26,28,51H,4-23,27,29-50H2,1-3H3/b26-25-,28-24-. The highest BCUT2D eigenvalue weighted by Gasteiger charge is 2.19. The Morgan fingerprint density at radius 1 is 0.317 bits per heavy atom. The lowest BCUT2D eigenvalue weighted by Gasteiger charge is -2.18. The molecule has 0 bridgehead atoms. The number of unbranched alkanes of at least 4 members (excludes halogenated alkanes) is 33. The first-order valence-corrected chi connectivity index (χ1v) is 26.3. The van der Waals surface area contributed by atoms with Crippen LogP contribution in [0.15, 0.2) is 24.3 Å². The fraction of sp³-hybridized carbons (Fsp3) is 0.870. The van der Waals surface area contributed by atoms with Crippen LogP contribution in [0.5, 0.6) is 0 Å². The van der Waals surface area contributed by atoms with Crippen molar-refractivity contribution in [2.45, 2.75) is 290 Å². The lowest BCUT2D eigenvalue weighted by molar-refractivity contribution is -0.167. The molecule has 0 saturated carbocycles. The highest BCUT2D eigenvalue weighted by molar-refractivity contribution is 5.71. The van der Waals surface area contributed by atoms with Crippen LogP contribution in [0.2, 0.25) is 0 Å². The Morgan fingerprint density at radius 2 is 0.550 bits per heavy atom. The van der Waals surface area contributed by atoms with Gasteiger partial charge in [-0.2, -0.15) is 0 Å². The van der Waals surface area contributed by atoms with Crippen LogP contribution in [0.4, 0.5) is 0 Å². The molecule has 0 saturated heterocycles. The van der Waals surface area contributed by atoms with E-state index in [9.17, 15) is 14.4 Å². The molecule has 0 rings (SSSR count). The molecular formula is C54H100O6. The van der Waals surface area contributed by atoms with Crippen molar-refractivity contribution in [2.75, 3.05) is 13.2 Å². The molecule has 6 heteroatoms. The molecule has 0 heterocycles. The third-order valence-electron chi connectivity index (χ3n) is 11.7. The van der Waals surface area contributed by atoms with Gasteiger partial charge in [-0.05, 0) is 70.6 Å². The smallest absolute Gasteiger partial charge is 0.306 e. The molecule has 60 heavy (non-hydrogen) atoms. The van der Waals surface area contributed by atoms with Crippen molar-refractivity contribution in [2.24, 2.45) is 0 Å². The molecule has 0 aromatic rings. The molecule has 6 nitrogen and oxygen atoms in total. The summed E-state index contributed by atoms with van der Waals surface area (Å²) >= 11 is 0. The van der Waals surface area contributed by atoms with Crippen molar-refractivity contribution in [3.05, 3.63) is 24.3 Å². The van der Waals surface area contributed by atoms with Gasteiger partial charge in [0.15, 0.2) is 6.10 Å². The van der Waals surface area contributed by atoms with E-state index >= 15 is 0 Å². The second-order valence-corrected chi connectivity index (χ2v) is 17.8. The fourth-order valence-electron chi connectivity index (χ4n) is 7.67. The fourth-order valence-corrected chi connectivity index (χ4v) is 7.67. The van der Waals surface area contributed by atoms with Crippen LogP contribution >= 0.6 is 0 Å². The van der Waals surface area contributed by atoms with Crippen molar-refractivity contribution in [1.29, 1.82) is 0 Å². The van der Waals surface area contributed by atoms with Gasteiger partial charge in [0.25, 0.3) is 0 Å². The van der Waals surface area contributed by atoms with Crippen molar-refractivity contribution in [1.82, 2.24) is 0 Å². The highest BCUT2D eigenvalue weighted by Crippen LogP contribution is 2.15. The van der Waals surface area contributed by atoms with Gasteiger partial charge >= 0.3 is 17.9 Å². The number of allylic oxidation sites excluding steroid dienone is 4. The Kier molecular flexibility index (Phi) is 47.8. The number of rotatable bonds is 48. The Balaban J connectivity index is 4.29. The lowest BCUT2D eigenvalue weighted by Crippen LogP contribution is -2.30. The molecular weight excluding hydrogens is 745 g/mol. The highest BCUT2D eigenvalue weighted by atomic mass is 16.6. The Hall–Kier alpha value is -2.11. The summed E-state index contributed by atoms with van der Waals surface area (Å²) in [6, 6.07) is 0. The molecule has 0 aromatic carbocycles. The Bertz CT molecular complexity index is 973. The lowest BCUT2D eigenvalue weighted by atomic mass is 10.1. The third-order valence-corrected chi connectivity index (χ3v) is 11.7. The van der Waals surface area contributed by atoms with E-state index < -0.39 is 6.10 Å². The zero-order valence-electron chi connectivity index (χ0n) is 40.2. The van der Waals surface area contributed by atoms with Crippen LogP contribution in [0.3, 0.4) is 0 Å². The van der Waals surface area contributed by atoms with E-state index in [1.54, 1.807) is 0 Å². The summed E-state index contributed by atoms with van der Waals surface area (Å²) in [6.45, 7) is 6.63. The van der Waals surface area contributed by atoms with Crippen molar-refractivity contribution in [3.63, 3.8) is 0 Å². The molecule has 0 spiro atoms. The normalized spacial score (nSPS) is 12.1. The van der Waals surface area contributed by atoms with E-state index in [4.69, 9.17) is 14.2 Å². The molecule has 0 aliphatic rings. The molecule has 0 fully saturated rings. The van der Waals surface area contributed by atoms with Crippen LogP contribution in [0.25, 0.3) is 0 Å². The number of hydrogen-bond donors (Lipinski definition) is 0. The van der Waals surface area contributed by atoms with E-state index in [1.807, 2.05) is 0 Å². The first-order valence-electron chi connectivity index (χ1n) is 26.3. The minimum Gasteiger partial charge on any atom is -0.462 e. The van der Waals surface area contributed by atoms with Gasteiger partial charge in [0.1, 0.15) is 13.2 Å². The first kappa shape index (κ1) is 57.9. The average Bonchev–Trinajstić information content (AvgIpc) is 3.24. The second-order valence-electron chi connectivity index (χ2n) is 17.8. The van der Waals surface area contributed by atoms with Gasteiger partial charge < -0.3 is 14.2 Å². The molecule has 0 aliphatic heterocycles. The van der Waals surface area contributed by atoms with Gasteiger partial charge in [0, 0.05) is 19.3 Å². The summed E-state index contributed by atoms with van der Waals surface area (Å²) in [5, 5.41) is 0. The monoisotopic (exact) mass is 845 g/mol. The van der Waals surface area contributed by atoms with E-state index in [-0.39, 0.29) is 31.1 Å². The summed E-state index contributed by atoms with van der Waals surface area (Å²) in [4.78, 5) is 37.9. The van der Waals surface area contributed by atoms with Gasteiger partial charge in [-0.25, -0.2) is 0 Å². The number of ether oxygens (including phenoxy) is 3. The quantitative estimate of drug-likeness (QED) is 0.0263. The predicted octanol–water partition coefficient (Wildman–Crippen LogP) is 17.2. The molecule has 352 valence electrons. The molecule has 0 aliphatic carbocycles. The minimum absolute atomic E-state index is 0.0728. The van der Waals surface area contributed by atoms with Crippen LogP contribution in [0, 0.1) is 0 Å². The van der Waals surface area contributed by atoms with Gasteiger partial charge in [0.05, 0.1) is 0 Å². The molecule has 0 radical (unpaired) electrons. The third kappa shape index (κ3) is 46.9. The first-order chi connectivity index (χ1) is 29.5. The van der Waals surface area contributed by atoms with E-state index in [1.165, 1.54) is 180 Å². The van der Waals surface area contributed by atoms with Crippen molar-refractivity contribution >= 4 is 17.9 Å². The SMILES string of the molecule is CCCCCCCC/C=C\CCCCCCCC(=O)OC(COC(=O)CCCCCCCCC/C=C\CCCCCCCCC)COC(=O)CCCCCCCCCCC. The average molecular weight is 845 g/mol. The van der Waals surface area contributed by atoms with Crippen molar-refractivity contribution < 1.29 is 28.6 Å². The van der Waals surface area contributed by atoms with Gasteiger partial charge in [0.2, 0.25) is 0 Å². The number of carbonyl (C=O) groups excluding carboxylic acids is 3. The zero-order valence-corrected chi connectivity index (χ0v) is 40.2. The molecule has 1 unspecified atom stereocenters. The number of hydrogen-bond acceptors (Lipinski definition) is 6. The number of esters is 3. The van der Waals surface area contributed by atoms with Gasteiger partial charge in [-0.15, -0.1) is 0 Å². The molecule has 0 N–H and O–H groups in total. The topological polar surface area (TPSA) is 78.9 Å². The summed E-state index contributed by atoms with van der Waals surface area (Å²) in [5.41, 5.74) is 0. The zero-order chi connectivity index (χ0) is 43.7.